The molecule has 0 bridgehead atoms. The van der Waals surface area contributed by atoms with Crippen LogP contribution in [0.15, 0.2) is 48.5 Å². The number of aliphatic carboxylic acids is 1. The van der Waals surface area contributed by atoms with Gasteiger partial charge in [-0.05, 0) is 42.0 Å². The van der Waals surface area contributed by atoms with Gasteiger partial charge in [0.2, 0.25) is 5.91 Å². The summed E-state index contributed by atoms with van der Waals surface area (Å²) in [5, 5.41) is 11.4. The Balaban J connectivity index is 1.46. The number of unbranched alkanes of at least 4 members (excludes halogenated alkanes) is 1. The molecule has 0 saturated heterocycles. The number of benzene rings is 2. The summed E-state index contributed by atoms with van der Waals surface area (Å²) in [4.78, 5) is 36.8. The molecular weight excluding hydrogens is 408 g/mol. The van der Waals surface area contributed by atoms with E-state index in [-0.39, 0.29) is 37.3 Å². The van der Waals surface area contributed by atoms with E-state index in [1.165, 1.54) is 11.1 Å². The minimum Gasteiger partial charge on any atom is -0.481 e. The molecule has 2 N–H and O–H groups in total. The van der Waals surface area contributed by atoms with Crippen LogP contribution < -0.4 is 5.32 Å². The Hall–Kier alpha value is -3.35. The number of rotatable bonds is 10. The number of carboxylic acids is 1. The lowest BCUT2D eigenvalue weighted by Crippen LogP contribution is -2.38. The molecule has 0 heterocycles. The van der Waals surface area contributed by atoms with Crippen molar-refractivity contribution in [2.75, 3.05) is 20.2 Å². The lowest BCUT2D eigenvalue weighted by atomic mass is 9.98. The second-order valence-electron chi connectivity index (χ2n) is 8.24. The average molecular weight is 439 g/mol. The highest BCUT2D eigenvalue weighted by molar-refractivity contribution is 5.79. The van der Waals surface area contributed by atoms with Gasteiger partial charge in [-0.25, -0.2) is 4.79 Å². The standard InChI is InChI=1S/C25H30N2O5/c1-17(15-23(28)27(2)14-8-7-13-24(29)30)26-25(31)32-16-22-20-11-5-3-9-18(20)19-10-4-6-12-21(19)22/h3-6,9-12,17,22H,7-8,13-16H2,1-2H3,(H,26,31)(H,29,30)/t17-/m0/s1. The third-order valence-corrected chi connectivity index (χ3v) is 5.75. The van der Waals surface area contributed by atoms with Gasteiger partial charge in [-0.3, -0.25) is 9.59 Å². The van der Waals surface area contributed by atoms with Crippen molar-refractivity contribution in [2.24, 2.45) is 0 Å². The van der Waals surface area contributed by atoms with E-state index in [2.05, 4.69) is 29.6 Å². The minimum absolute atomic E-state index is 0.0120. The normalized spacial score (nSPS) is 13.1. The van der Waals surface area contributed by atoms with Crippen LogP contribution in [0, 0.1) is 0 Å². The van der Waals surface area contributed by atoms with E-state index in [0.717, 1.165) is 11.1 Å². The molecule has 7 nitrogen and oxygen atoms in total. The summed E-state index contributed by atoms with van der Waals surface area (Å²) in [6.45, 7) is 2.48. The molecule has 1 aliphatic carbocycles. The number of carboxylic acid groups (broad SMARTS) is 1. The van der Waals surface area contributed by atoms with Gasteiger partial charge in [0, 0.05) is 38.4 Å². The molecule has 3 rings (SSSR count). The summed E-state index contributed by atoms with van der Waals surface area (Å²) >= 11 is 0. The zero-order chi connectivity index (χ0) is 23.1. The van der Waals surface area contributed by atoms with Crippen LogP contribution in [0.1, 0.15) is 49.7 Å². The Morgan fingerprint density at radius 1 is 1.03 bits per heavy atom. The highest BCUT2D eigenvalue weighted by Gasteiger charge is 2.29. The van der Waals surface area contributed by atoms with Gasteiger partial charge < -0.3 is 20.1 Å². The number of hydrogen-bond acceptors (Lipinski definition) is 4. The van der Waals surface area contributed by atoms with Crippen LogP contribution in [0.2, 0.25) is 0 Å². The molecule has 7 heteroatoms. The highest BCUT2D eigenvalue weighted by Crippen LogP contribution is 2.44. The van der Waals surface area contributed by atoms with E-state index in [9.17, 15) is 14.4 Å². The summed E-state index contributed by atoms with van der Waals surface area (Å²) in [5.41, 5.74) is 4.63. The maximum Gasteiger partial charge on any atom is 0.407 e. The molecule has 2 aromatic carbocycles. The van der Waals surface area contributed by atoms with Gasteiger partial charge in [0.25, 0.3) is 0 Å². The fourth-order valence-corrected chi connectivity index (χ4v) is 4.06. The van der Waals surface area contributed by atoms with Crippen LogP contribution >= 0.6 is 0 Å². The topological polar surface area (TPSA) is 95.9 Å². The number of nitrogens with zero attached hydrogens (tertiary/aromatic N) is 1. The molecule has 0 aliphatic heterocycles. The van der Waals surface area contributed by atoms with Gasteiger partial charge >= 0.3 is 12.1 Å². The smallest absolute Gasteiger partial charge is 0.407 e. The lowest BCUT2D eigenvalue weighted by molar-refractivity contribution is -0.137. The van der Waals surface area contributed by atoms with Crippen LogP contribution in [0.3, 0.4) is 0 Å². The summed E-state index contributed by atoms with van der Waals surface area (Å²) in [5.74, 6) is -0.950. The molecule has 170 valence electrons. The van der Waals surface area contributed by atoms with Crippen LogP contribution in [0.4, 0.5) is 4.79 Å². The van der Waals surface area contributed by atoms with Gasteiger partial charge in [0.15, 0.2) is 0 Å². The summed E-state index contributed by atoms with van der Waals surface area (Å²) < 4.78 is 5.52. The van der Waals surface area contributed by atoms with E-state index in [1.807, 2.05) is 24.3 Å². The first kappa shape index (κ1) is 23.3. The number of ether oxygens (including phenoxy) is 1. The molecule has 0 saturated carbocycles. The molecule has 2 amide bonds. The van der Waals surface area contributed by atoms with Crippen molar-refractivity contribution in [3.8, 4) is 11.1 Å². The van der Waals surface area contributed by atoms with Crippen LogP contribution in [-0.4, -0.2) is 54.2 Å². The fourth-order valence-electron chi connectivity index (χ4n) is 4.06. The number of nitrogens with one attached hydrogen (secondary N) is 1. The molecule has 0 unspecified atom stereocenters. The Labute approximate surface area is 188 Å². The molecular formula is C25H30N2O5. The molecule has 1 atom stereocenters. The lowest BCUT2D eigenvalue weighted by Gasteiger charge is -2.20. The number of carbonyl (C=O) groups is 3. The zero-order valence-electron chi connectivity index (χ0n) is 18.5. The maximum absolute atomic E-state index is 12.3. The van der Waals surface area contributed by atoms with E-state index < -0.39 is 12.1 Å². The third kappa shape index (κ3) is 5.87. The minimum atomic E-state index is -0.833. The second kappa shape index (κ2) is 10.8. The number of fused-ring (bicyclic) bond motifs is 3. The molecule has 2 aromatic rings. The van der Waals surface area contributed by atoms with Crippen molar-refractivity contribution in [3.63, 3.8) is 0 Å². The number of carbonyl (C=O) groups excluding carboxylic acids is 2. The quantitative estimate of drug-likeness (QED) is 0.546. The van der Waals surface area contributed by atoms with Crippen molar-refractivity contribution in [3.05, 3.63) is 59.7 Å². The molecule has 0 radical (unpaired) electrons. The van der Waals surface area contributed by atoms with Gasteiger partial charge in [-0.1, -0.05) is 48.5 Å². The Morgan fingerprint density at radius 2 is 1.62 bits per heavy atom. The third-order valence-electron chi connectivity index (χ3n) is 5.75. The Bertz CT molecular complexity index is 929. The first-order valence-electron chi connectivity index (χ1n) is 10.9. The molecule has 1 aliphatic rings. The first-order valence-corrected chi connectivity index (χ1v) is 10.9. The van der Waals surface area contributed by atoms with Crippen molar-refractivity contribution in [2.45, 2.75) is 44.6 Å². The predicted molar refractivity (Wildman–Crippen MR) is 121 cm³/mol. The number of alkyl carbamates (subject to hydrolysis) is 1. The van der Waals surface area contributed by atoms with Crippen molar-refractivity contribution in [1.82, 2.24) is 10.2 Å². The highest BCUT2D eigenvalue weighted by atomic mass is 16.5. The fraction of sp³-hybridized carbons (Fsp3) is 0.400. The van der Waals surface area contributed by atoms with Crippen molar-refractivity contribution >= 4 is 18.0 Å². The van der Waals surface area contributed by atoms with E-state index in [1.54, 1.807) is 18.9 Å². The van der Waals surface area contributed by atoms with Crippen LogP contribution in [-0.2, 0) is 14.3 Å². The molecule has 0 aromatic heterocycles. The van der Waals surface area contributed by atoms with Gasteiger partial charge in [0.1, 0.15) is 6.61 Å². The SMILES string of the molecule is C[C@@H](CC(=O)N(C)CCCCC(=O)O)NC(=O)OCC1c2ccccc2-c2ccccc21. The Morgan fingerprint density at radius 3 is 2.22 bits per heavy atom. The summed E-state index contributed by atoms with van der Waals surface area (Å²) in [6.07, 6.45) is 0.862. The maximum atomic E-state index is 12.3. The Kier molecular flexibility index (Phi) is 7.87. The summed E-state index contributed by atoms with van der Waals surface area (Å²) in [7, 11) is 1.68. The largest absolute Gasteiger partial charge is 0.481 e. The van der Waals surface area contributed by atoms with Crippen LogP contribution in [0.25, 0.3) is 11.1 Å². The monoisotopic (exact) mass is 438 g/mol. The molecule has 0 fully saturated rings. The number of hydrogen-bond donors (Lipinski definition) is 2. The predicted octanol–water partition coefficient (Wildman–Crippen LogP) is 4.02. The van der Waals surface area contributed by atoms with Gasteiger partial charge in [-0.2, -0.15) is 0 Å². The van der Waals surface area contributed by atoms with Gasteiger partial charge in [-0.15, -0.1) is 0 Å². The van der Waals surface area contributed by atoms with Crippen LogP contribution in [0.5, 0.6) is 0 Å². The molecule has 32 heavy (non-hydrogen) atoms. The zero-order valence-corrected chi connectivity index (χ0v) is 18.5. The summed E-state index contributed by atoms with van der Waals surface area (Å²) in [6, 6.07) is 15.9. The second-order valence-corrected chi connectivity index (χ2v) is 8.24. The molecule has 0 spiro atoms. The van der Waals surface area contributed by atoms with Gasteiger partial charge in [0.05, 0.1) is 0 Å². The van der Waals surface area contributed by atoms with E-state index in [4.69, 9.17) is 9.84 Å². The van der Waals surface area contributed by atoms with Crippen molar-refractivity contribution in [1.29, 1.82) is 0 Å². The van der Waals surface area contributed by atoms with Crippen molar-refractivity contribution < 1.29 is 24.2 Å². The van der Waals surface area contributed by atoms with E-state index >= 15 is 0 Å². The first-order chi connectivity index (χ1) is 15.4. The van der Waals surface area contributed by atoms with E-state index in [0.29, 0.717) is 19.4 Å². The number of amides is 2. The average Bonchev–Trinajstić information content (AvgIpc) is 3.08.